The number of carbonyl (C=O) groups excluding carboxylic acids is 1. The van der Waals surface area contributed by atoms with Crippen molar-refractivity contribution in [2.75, 3.05) is 45.8 Å². The van der Waals surface area contributed by atoms with E-state index in [0.717, 1.165) is 64.7 Å². The highest BCUT2D eigenvalue weighted by molar-refractivity contribution is 5.76. The molecule has 1 N–H and O–H groups in total. The van der Waals surface area contributed by atoms with Crippen molar-refractivity contribution in [3.05, 3.63) is 29.8 Å². The Labute approximate surface area is 146 Å². The van der Waals surface area contributed by atoms with Crippen molar-refractivity contribution in [2.45, 2.75) is 25.4 Å². The maximum absolute atomic E-state index is 13.6. The summed E-state index contributed by atoms with van der Waals surface area (Å²) in [7, 11) is 0. The first-order valence-electron chi connectivity index (χ1n) is 8.94. The van der Waals surface area contributed by atoms with Gasteiger partial charge in [-0.25, -0.2) is 8.78 Å². The molecule has 2 aliphatic rings. The summed E-state index contributed by atoms with van der Waals surface area (Å²) in [6.45, 7) is 5.71. The second-order valence-electron chi connectivity index (χ2n) is 6.61. The monoisotopic (exact) mass is 353 g/mol. The van der Waals surface area contributed by atoms with Crippen molar-refractivity contribution >= 4 is 5.91 Å². The van der Waals surface area contributed by atoms with E-state index < -0.39 is 11.6 Å². The summed E-state index contributed by atoms with van der Waals surface area (Å²) >= 11 is 0. The number of hydrogen-bond donors (Lipinski definition) is 1. The van der Waals surface area contributed by atoms with Crippen LogP contribution in [-0.2, 0) is 4.79 Å². The first-order valence-corrected chi connectivity index (χ1v) is 8.94. The highest BCUT2D eigenvalue weighted by Crippen LogP contribution is 2.23. The summed E-state index contributed by atoms with van der Waals surface area (Å²) in [5.41, 5.74) is 0. The van der Waals surface area contributed by atoms with Gasteiger partial charge < -0.3 is 19.9 Å². The van der Waals surface area contributed by atoms with Crippen LogP contribution < -0.4 is 10.1 Å². The van der Waals surface area contributed by atoms with Crippen LogP contribution in [-0.4, -0.2) is 67.6 Å². The topological polar surface area (TPSA) is 44.8 Å². The van der Waals surface area contributed by atoms with Crippen LogP contribution in [0.1, 0.15) is 19.3 Å². The number of rotatable bonds is 5. The maximum Gasteiger partial charge on any atom is 0.223 e. The van der Waals surface area contributed by atoms with Crippen LogP contribution in [0.5, 0.6) is 5.75 Å². The predicted molar refractivity (Wildman–Crippen MR) is 90.5 cm³/mol. The highest BCUT2D eigenvalue weighted by atomic mass is 19.1. The molecule has 138 valence electrons. The molecule has 0 unspecified atom stereocenters. The number of nitrogens with zero attached hydrogens (tertiary/aromatic N) is 2. The average Bonchev–Trinajstić information content (AvgIpc) is 2.64. The Hall–Kier alpha value is -1.73. The molecule has 0 aliphatic carbocycles. The standard InChI is InChI=1S/C18H25F2N3O2/c19-14-1-2-17(16(20)13-14)25-15-3-8-22(9-4-15)10-5-18(24)23-11-6-21-7-12-23/h1-2,13,15,21H,3-12H2. The molecule has 2 saturated heterocycles. The van der Waals surface area contributed by atoms with Gasteiger partial charge in [-0.05, 0) is 25.0 Å². The fourth-order valence-electron chi connectivity index (χ4n) is 3.33. The molecule has 7 heteroatoms. The van der Waals surface area contributed by atoms with Crippen molar-refractivity contribution in [1.29, 1.82) is 0 Å². The van der Waals surface area contributed by atoms with E-state index >= 15 is 0 Å². The summed E-state index contributed by atoms with van der Waals surface area (Å²) in [6.07, 6.45) is 2.02. The number of likely N-dealkylation sites (tertiary alicyclic amines) is 1. The van der Waals surface area contributed by atoms with Crippen molar-refractivity contribution in [3.8, 4) is 5.75 Å². The van der Waals surface area contributed by atoms with Crippen molar-refractivity contribution < 1.29 is 18.3 Å². The number of halogens is 2. The Morgan fingerprint density at radius 1 is 1.16 bits per heavy atom. The lowest BCUT2D eigenvalue weighted by Gasteiger charge is -2.33. The van der Waals surface area contributed by atoms with Gasteiger partial charge in [0, 0.05) is 58.3 Å². The smallest absolute Gasteiger partial charge is 0.223 e. The number of nitrogens with one attached hydrogen (secondary N) is 1. The summed E-state index contributed by atoms with van der Waals surface area (Å²) in [4.78, 5) is 16.4. The first kappa shape index (κ1) is 18.1. The predicted octanol–water partition coefficient (Wildman–Crippen LogP) is 1.63. The molecule has 0 saturated carbocycles. The second kappa shape index (κ2) is 8.58. The van der Waals surface area contributed by atoms with Crippen LogP contribution in [0, 0.1) is 11.6 Å². The third-order valence-corrected chi connectivity index (χ3v) is 4.83. The van der Waals surface area contributed by atoms with E-state index in [1.807, 2.05) is 4.90 Å². The normalized spacial score (nSPS) is 19.8. The number of hydrogen-bond acceptors (Lipinski definition) is 4. The van der Waals surface area contributed by atoms with Gasteiger partial charge >= 0.3 is 0 Å². The van der Waals surface area contributed by atoms with Crippen LogP contribution in [0.15, 0.2) is 18.2 Å². The number of piperidine rings is 1. The Morgan fingerprint density at radius 3 is 2.56 bits per heavy atom. The van der Waals surface area contributed by atoms with Gasteiger partial charge in [-0.1, -0.05) is 0 Å². The van der Waals surface area contributed by atoms with Crippen LogP contribution >= 0.6 is 0 Å². The van der Waals surface area contributed by atoms with Crippen LogP contribution in [0.3, 0.4) is 0 Å². The third kappa shape index (κ3) is 5.12. The summed E-state index contributed by atoms with van der Waals surface area (Å²) < 4.78 is 32.2. The number of amides is 1. The molecule has 0 spiro atoms. The van der Waals surface area contributed by atoms with E-state index in [0.29, 0.717) is 6.42 Å². The highest BCUT2D eigenvalue weighted by Gasteiger charge is 2.23. The minimum atomic E-state index is -0.663. The molecule has 2 aliphatic heterocycles. The van der Waals surface area contributed by atoms with E-state index in [-0.39, 0.29) is 17.8 Å². The lowest BCUT2D eigenvalue weighted by molar-refractivity contribution is -0.132. The van der Waals surface area contributed by atoms with E-state index in [1.54, 1.807) is 0 Å². The molecule has 1 aromatic rings. The SMILES string of the molecule is O=C(CCN1CCC(Oc2ccc(F)cc2F)CC1)N1CCNCC1. The second-order valence-corrected chi connectivity index (χ2v) is 6.61. The zero-order valence-corrected chi connectivity index (χ0v) is 14.3. The first-order chi connectivity index (χ1) is 12.1. The van der Waals surface area contributed by atoms with Crippen LogP contribution in [0.2, 0.25) is 0 Å². The molecule has 2 heterocycles. The van der Waals surface area contributed by atoms with Gasteiger partial charge in [0.1, 0.15) is 11.9 Å². The minimum Gasteiger partial charge on any atom is -0.487 e. The van der Waals surface area contributed by atoms with Gasteiger partial charge in [0.2, 0.25) is 5.91 Å². The summed E-state index contributed by atoms with van der Waals surface area (Å²) in [6, 6.07) is 3.38. The largest absolute Gasteiger partial charge is 0.487 e. The fraction of sp³-hybridized carbons (Fsp3) is 0.611. The number of benzene rings is 1. The Bertz CT molecular complexity index is 586. The molecule has 0 atom stereocenters. The van der Waals surface area contributed by atoms with E-state index in [1.165, 1.54) is 12.1 Å². The number of ether oxygens (including phenoxy) is 1. The van der Waals surface area contributed by atoms with Gasteiger partial charge in [-0.3, -0.25) is 4.79 Å². The Balaban J connectivity index is 1.39. The molecule has 1 aromatic carbocycles. The van der Waals surface area contributed by atoms with Gasteiger partial charge in [-0.15, -0.1) is 0 Å². The zero-order chi connectivity index (χ0) is 17.6. The quantitative estimate of drug-likeness (QED) is 0.874. The number of carbonyl (C=O) groups is 1. The van der Waals surface area contributed by atoms with Crippen molar-refractivity contribution in [1.82, 2.24) is 15.1 Å². The molecular weight excluding hydrogens is 328 g/mol. The molecule has 0 bridgehead atoms. The summed E-state index contributed by atoms with van der Waals surface area (Å²) in [5.74, 6) is -0.945. The lowest BCUT2D eigenvalue weighted by Crippen LogP contribution is -2.47. The van der Waals surface area contributed by atoms with Crippen molar-refractivity contribution in [3.63, 3.8) is 0 Å². The number of piperazine rings is 1. The minimum absolute atomic E-state index is 0.0694. The molecule has 0 radical (unpaired) electrons. The fourth-order valence-corrected chi connectivity index (χ4v) is 3.33. The molecule has 3 rings (SSSR count). The van der Waals surface area contributed by atoms with Crippen LogP contribution in [0.25, 0.3) is 0 Å². The van der Waals surface area contributed by atoms with Gasteiger partial charge in [0.05, 0.1) is 0 Å². The van der Waals surface area contributed by atoms with Gasteiger partial charge in [0.15, 0.2) is 11.6 Å². The van der Waals surface area contributed by atoms with Crippen molar-refractivity contribution in [2.24, 2.45) is 0 Å². The van der Waals surface area contributed by atoms with E-state index in [9.17, 15) is 13.6 Å². The Kier molecular flexibility index (Phi) is 6.20. The molecule has 0 aromatic heterocycles. The zero-order valence-electron chi connectivity index (χ0n) is 14.3. The maximum atomic E-state index is 13.6. The van der Waals surface area contributed by atoms with Crippen LogP contribution in [0.4, 0.5) is 8.78 Å². The molecule has 2 fully saturated rings. The van der Waals surface area contributed by atoms with Gasteiger partial charge in [0.25, 0.3) is 0 Å². The van der Waals surface area contributed by atoms with Gasteiger partial charge in [-0.2, -0.15) is 0 Å². The average molecular weight is 353 g/mol. The van der Waals surface area contributed by atoms with E-state index in [2.05, 4.69) is 10.2 Å². The lowest BCUT2D eigenvalue weighted by atomic mass is 10.1. The third-order valence-electron chi connectivity index (χ3n) is 4.83. The molecule has 25 heavy (non-hydrogen) atoms. The van der Waals surface area contributed by atoms with E-state index in [4.69, 9.17) is 4.74 Å². The molecule has 1 amide bonds. The molecular formula is C18H25F2N3O2. The Morgan fingerprint density at radius 2 is 1.88 bits per heavy atom. The molecule has 5 nitrogen and oxygen atoms in total. The summed E-state index contributed by atoms with van der Waals surface area (Å²) in [5, 5.41) is 3.24.